The van der Waals surface area contributed by atoms with Gasteiger partial charge in [0, 0.05) is 21.8 Å². The lowest BCUT2D eigenvalue weighted by atomic mass is 9.97. The van der Waals surface area contributed by atoms with Crippen molar-refractivity contribution in [1.29, 1.82) is 0 Å². The third-order valence-corrected chi connectivity index (χ3v) is 4.83. The van der Waals surface area contributed by atoms with E-state index in [4.69, 9.17) is 11.6 Å². The third kappa shape index (κ3) is 4.22. The minimum atomic E-state index is -4.39. The highest BCUT2D eigenvalue weighted by Crippen LogP contribution is 2.37. The molecule has 114 valence electrons. The van der Waals surface area contributed by atoms with Crippen molar-refractivity contribution in [3.8, 4) is 0 Å². The zero-order valence-electron chi connectivity index (χ0n) is 11.0. The number of likely N-dealkylation sites (N-methyl/N-ethyl adjacent to an activating group) is 1. The van der Waals surface area contributed by atoms with Crippen molar-refractivity contribution < 1.29 is 13.2 Å². The summed E-state index contributed by atoms with van der Waals surface area (Å²) >= 11 is 10.3. The average molecular weight is 399 g/mol. The average Bonchev–Trinajstić information content (AvgIpc) is 2.81. The fourth-order valence-corrected chi connectivity index (χ4v) is 3.60. The van der Waals surface area contributed by atoms with Gasteiger partial charge in [0.2, 0.25) is 0 Å². The Balaban J connectivity index is 2.38. The first-order chi connectivity index (χ1) is 9.81. The molecule has 0 aliphatic rings. The van der Waals surface area contributed by atoms with Crippen LogP contribution in [-0.2, 0) is 12.6 Å². The summed E-state index contributed by atoms with van der Waals surface area (Å²) in [4.78, 5) is 0.940. The molecule has 2 aromatic rings. The molecule has 2 rings (SSSR count). The second-order valence-corrected chi connectivity index (χ2v) is 7.20. The van der Waals surface area contributed by atoms with E-state index in [1.165, 1.54) is 17.4 Å². The lowest BCUT2D eigenvalue weighted by Gasteiger charge is -2.21. The Morgan fingerprint density at radius 1 is 1.29 bits per heavy atom. The Morgan fingerprint density at radius 3 is 2.52 bits per heavy atom. The Labute approximate surface area is 138 Å². The van der Waals surface area contributed by atoms with E-state index in [1.54, 1.807) is 19.2 Å². The first kappa shape index (κ1) is 16.8. The zero-order valence-corrected chi connectivity index (χ0v) is 14.1. The van der Waals surface area contributed by atoms with E-state index in [9.17, 15) is 13.2 Å². The molecule has 1 atom stereocenters. The predicted octanol–water partition coefficient (Wildman–Crippen LogP) is 5.69. The van der Waals surface area contributed by atoms with Gasteiger partial charge in [-0.3, -0.25) is 0 Å². The smallest absolute Gasteiger partial charge is 0.313 e. The van der Waals surface area contributed by atoms with Crippen LogP contribution in [0, 0.1) is 0 Å². The Hall–Kier alpha value is -0.560. The monoisotopic (exact) mass is 397 g/mol. The Bertz CT molecular complexity index is 627. The number of alkyl halides is 3. The molecule has 0 amide bonds. The van der Waals surface area contributed by atoms with Gasteiger partial charge in [-0.25, -0.2) is 0 Å². The van der Waals surface area contributed by atoms with Gasteiger partial charge in [0.15, 0.2) is 0 Å². The largest absolute Gasteiger partial charge is 0.416 e. The van der Waals surface area contributed by atoms with Crippen molar-refractivity contribution in [2.45, 2.75) is 18.6 Å². The van der Waals surface area contributed by atoms with E-state index in [0.717, 1.165) is 10.9 Å². The molecule has 1 aromatic carbocycles. The topological polar surface area (TPSA) is 12.0 Å². The van der Waals surface area contributed by atoms with E-state index in [0.29, 0.717) is 15.2 Å². The molecular formula is C14H12BrClF3NS. The van der Waals surface area contributed by atoms with Crippen LogP contribution in [0.4, 0.5) is 13.2 Å². The summed E-state index contributed by atoms with van der Waals surface area (Å²) in [6.45, 7) is 0. The molecule has 1 heterocycles. The second kappa shape index (κ2) is 6.69. The van der Waals surface area contributed by atoms with Gasteiger partial charge in [-0.05, 0) is 36.9 Å². The summed E-state index contributed by atoms with van der Waals surface area (Å²) in [5.41, 5.74) is -0.392. The van der Waals surface area contributed by atoms with Crippen molar-refractivity contribution in [3.05, 3.63) is 55.1 Å². The fraction of sp³-hybridized carbons (Fsp3) is 0.286. The van der Waals surface area contributed by atoms with Crippen LogP contribution < -0.4 is 5.32 Å². The van der Waals surface area contributed by atoms with E-state index in [-0.39, 0.29) is 5.56 Å². The standard InChI is InChI=1S/C14H12BrClF3NS/c1-20-12(7-9-3-5-13(16)21-9)10-4-2-8(15)6-11(10)14(17,18)19/h2-6,12,20H,7H2,1H3. The molecule has 1 aromatic heterocycles. The van der Waals surface area contributed by atoms with Gasteiger partial charge in [-0.2, -0.15) is 13.2 Å². The summed E-state index contributed by atoms with van der Waals surface area (Å²) in [6, 6.07) is 7.40. The van der Waals surface area contributed by atoms with Crippen LogP contribution in [0.3, 0.4) is 0 Å². The van der Waals surface area contributed by atoms with Crippen LogP contribution >= 0.6 is 38.9 Å². The molecule has 0 spiro atoms. The quantitative estimate of drug-likeness (QED) is 0.698. The Kier molecular flexibility index (Phi) is 5.35. The SMILES string of the molecule is CNC(Cc1ccc(Cl)s1)c1ccc(Br)cc1C(F)(F)F. The summed E-state index contributed by atoms with van der Waals surface area (Å²) in [6.07, 6.45) is -3.93. The van der Waals surface area contributed by atoms with Crippen molar-refractivity contribution in [1.82, 2.24) is 5.32 Å². The van der Waals surface area contributed by atoms with Crippen LogP contribution in [0.15, 0.2) is 34.8 Å². The molecule has 0 saturated heterocycles. The molecule has 1 N–H and O–H groups in total. The van der Waals surface area contributed by atoms with E-state index < -0.39 is 17.8 Å². The number of hydrogen-bond donors (Lipinski definition) is 1. The van der Waals surface area contributed by atoms with E-state index >= 15 is 0 Å². The molecule has 7 heteroatoms. The van der Waals surface area contributed by atoms with Crippen molar-refractivity contribution >= 4 is 38.9 Å². The molecule has 0 bridgehead atoms. The molecule has 0 saturated carbocycles. The molecule has 1 nitrogen and oxygen atoms in total. The second-order valence-electron chi connectivity index (χ2n) is 4.48. The lowest BCUT2D eigenvalue weighted by Crippen LogP contribution is -2.22. The summed E-state index contributed by atoms with van der Waals surface area (Å²) in [5.74, 6) is 0. The van der Waals surface area contributed by atoms with Crippen molar-refractivity contribution in [3.63, 3.8) is 0 Å². The van der Waals surface area contributed by atoms with Gasteiger partial charge in [-0.15, -0.1) is 11.3 Å². The van der Waals surface area contributed by atoms with Crippen LogP contribution in [0.1, 0.15) is 22.0 Å². The van der Waals surface area contributed by atoms with E-state index in [1.807, 2.05) is 6.07 Å². The molecule has 0 aliphatic carbocycles. The maximum atomic E-state index is 13.2. The highest BCUT2D eigenvalue weighted by molar-refractivity contribution is 9.10. The van der Waals surface area contributed by atoms with Gasteiger partial charge in [0.25, 0.3) is 0 Å². The highest BCUT2D eigenvalue weighted by atomic mass is 79.9. The van der Waals surface area contributed by atoms with Gasteiger partial charge >= 0.3 is 6.18 Å². The molecular weight excluding hydrogens is 387 g/mol. The zero-order chi connectivity index (χ0) is 15.6. The normalized spacial score (nSPS) is 13.4. The van der Waals surface area contributed by atoms with Crippen LogP contribution in [0.25, 0.3) is 0 Å². The number of nitrogens with one attached hydrogen (secondary N) is 1. The third-order valence-electron chi connectivity index (χ3n) is 3.08. The van der Waals surface area contributed by atoms with Gasteiger partial charge in [0.1, 0.15) is 0 Å². The van der Waals surface area contributed by atoms with Gasteiger partial charge in [0.05, 0.1) is 9.90 Å². The number of hydrogen-bond acceptors (Lipinski definition) is 2. The molecule has 1 unspecified atom stereocenters. The molecule has 0 radical (unpaired) electrons. The first-order valence-electron chi connectivity index (χ1n) is 6.09. The van der Waals surface area contributed by atoms with Gasteiger partial charge in [-0.1, -0.05) is 33.6 Å². The summed E-state index contributed by atoms with van der Waals surface area (Å²) in [7, 11) is 1.65. The number of benzene rings is 1. The number of thiophene rings is 1. The Morgan fingerprint density at radius 2 is 2.00 bits per heavy atom. The molecule has 0 aliphatic heterocycles. The minimum Gasteiger partial charge on any atom is -0.313 e. The molecule has 0 fully saturated rings. The highest BCUT2D eigenvalue weighted by Gasteiger charge is 2.35. The lowest BCUT2D eigenvalue weighted by molar-refractivity contribution is -0.138. The fourth-order valence-electron chi connectivity index (χ4n) is 2.11. The minimum absolute atomic E-state index is 0.234. The van der Waals surface area contributed by atoms with Crippen LogP contribution in [-0.4, -0.2) is 7.05 Å². The summed E-state index contributed by atoms with van der Waals surface area (Å²) < 4.78 is 40.6. The number of halogens is 5. The van der Waals surface area contributed by atoms with Crippen molar-refractivity contribution in [2.75, 3.05) is 7.05 Å². The van der Waals surface area contributed by atoms with Crippen LogP contribution in [0.2, 0.25) is 4.34 Å². The maximum Gasteiger partial charge on any atom is 0.416 e. The summed E-state index contributed by atoms with van der Waals surface area (Å²) in [5, 5.41) is 2.96. The predicted molar refractivity (Wildman–Crippen MR) is 84.0 cm³/mol. The van der Waals surface area contributed by atoms with Crippen molar-refractivity contribution in [2.24, 2.45) is 0 Å². The van der Waals surface area contributed by atoms with Crippen LogP contribution in [0.5, 0.6) is 0 Å². The molecule has 21 heavy (non-hydrogen) atoms. The number of rotatable bonds is 4. The van der Waals surface area contributed by atoms with Gasteiger partial charge < -0.3 is 5.32 Å². The van der Waals surface area contributed by atoms with E-state index in [2.05, 4.69) is 21.2 Å². The maximum absolute atomic E-state index is 13.2. The first-order valence-corrected chi connectivity index (χ1v) is 8.08.